The first-order valence-corrected chi connectivity index (χ1v) is 25.8. The third kappa shape index (κ3) is 10.0. The summed E-state index contributed by atoms with van der Waals surface area (Å²) in [5, 5.41) is 5.69. The molecule has 0 heterocycles. The van der Waals surface area contributed by atoms with Crippen molar-refractivity contribution in [3.63, 3.8) is 0 Å². The van der Waals surface area contributed by atoms with Crippen molar-refractivity contribution in [1.82, 2.24) is 0 Å². The minimum absolute atomic E-state index is 0.674. The fourth-order valence-electron chi connectivity index (χ4n) is 7.43. The molecule has 0 bridgehead atoms. The average Bonchev–Trinajstić information content (AvgIpc) is 3.85. The minimum atomic E-state index is -0.826. The SMILES string of the molecule is CCC(C)c1cccc2[cH-]c(C3CCCC3)cc12.C[Si]C.Cc1cc2c(-c3ccc(C4CCCCC4)cc3)cccc2[cH-]1.[Cl][Zr+2][Cl]. The topological polar surface area (TPSA) is 0 Å². The molecule has 0 aromatic heterocycles. The van der Waals surface area contributed by atoms with Crippen LogP contribution < -0.4 is 0 Å². The summed E-state index contributed by atoms with van der Waals surface area (Å²) in [5.74, 6) is 2.30. The Hall–Kier alpha value is -1.44. The first kappa shape index (κ1) is 37.4. The average molecular weight is 747 g/mol. The molecular formula is C42H52Cl2SiZr. The van der Waals surface area contributed by atoms with Crippen LogP contribution in [-0.2, 0) is 20.8 Å². The molecule has 1 atom stereocenters. The van der Waals surface area contributed by atoms with Gasteiger partial charge in [0.25, 0.3) is 0 Å². The van der Waals surface area contributed by atoms with Crippen molar-refractivity contribution in [1.29, 1.82) is 0 Å². The van der Waals surface area contributed by atoms with Crippen LogP contribution in [0.2, 0.25) is 13.1 Å². The van der Waals surface area contributed by atoms with E-state index in [-0.39, 0.29) is 0 Å². The fourth-order valence-corrected chi connectivity index (χ4v) is 7.43. The van der Waals surface area contributed by atoms with Gasteiger partial charge in [0.1, 0.15) is 0 Å². The van der Waals surface area contributed by atoms with Gasteiger partial charge in [-0.25, -0.2) is 0 Å². The summed E-state index contributed by atoms with van der Waals surface area (Å²) in [4.78, 5) is 0. The molecule has 242 valence electrons. The molecule has 2 aliphatic rings. The molecule has 2 radical (unpaired) electrons. The molecule has 0 saturated heterocycles. The normalized spacial score (nSPS) is 15.6. The zero-order valence-corrected chi connectivity index (χ0v) is 33.6. The van der Waals surface area contributed by atoms with Gasteiger partial charge in [0.05, 0.1) is 0 Å². The van der Waals surface area contributed by atoms with Gasteiger partial charge >= 0.3 is 37.9 Å². The second kappa shape index (κ2) is 19.5. The van der Waals surface area contributed by atoms with Gasteiger partial charge in [-0.1, -0.05) is 120 Å². The predicted octanol–water partition coefficient (Wildman–Crippen LogP) is 14.5. The van der Waals surface area contributed by atoms with Gasteiger partial charge in [-0.05, 0) is 54.6 Å². The molecule has 4 heteroatoms. The monoisotopic (exact) mass is 744 g/mol. The predicted molar refractivity (Wildman–Crippen MR) is 204 cm³/mol. The van der Waals surface area contributed by atoms with Crippen LogP contribution in [-0.4, -0.2) is 9.52 Å². The number of fused-ring (bicyclic) bond motifs is 2. The van der Waals surface area contributed by atoms with E-state index in [0.717, 1.165) is 21.4 Å². The molecule has 2 fully saturated rings. The first-order chi connectivity index (χ1) is 22.4. The Labute approximate surface area is 300 Å². The van der Waals surface area contributed by atoms with Crippen LogP contribution in [0.1, 0.15) is 118 Å². The zero-order chi connectivity index (χ0) is 32.9. The molecule has 0 spiro atoms. The molecule has 2 saturated carbocycles. The molecule has 0 aliphatic heterocycles. The maximum atomic E-state index is 4.93. The summed E-state index contributed by atoms with van der Waals surface area (Å²) < 4.78 is 0. The van der Waals surface area contributed by atoms with Gasteiger partial charge in [-0.15, -0.1) is 69.1 Å². The van der Waals surface area contributed by atoms with E-state index in [4.69, 9.17) is 17.0 Å². The molecule has 7 rings (SSSR count). The number of benzene rings is 3. The van der Waals surface area contributed by atoms with Gasteiger partial charge in [0, 0.05) is 9.52 Å². The summed E-state index contributed by atoms with van der Waals surface area (Å²) in [6, 6.07) is 32.3. The summed E-state index contributed by atoms with van der Waals surface area (Å²) in [5.41, 5.74) is 8.73. The molecule has 5 aromatic carbocycles. The Kier molecular flexibility index (Phi) is 15.9. The van der Waals surface area contributed by atoms with Crippen molar-refractivity contribution in [3.05, 3.63) is 107 Å². The molecule has 0 nitrogen and oxygen atoms in total. The van der Waals surface area contributed by atoms with Crippen molar-refractivity contribution in [2.24, 2.45) is 0 Å². The molecule has 5 aromatic rings. The van der Waals surface area contributed by atoms with E-state index in [0.29, 0.717) is 5.92 Å². The third-order valence-corrected chi connectivity index (χ3v) is 9.97. The van der Waals surface area contributed by atoms with Crippen LogP contribution in [0.5, 0.6) is 0 Å². The number of hydrogen-bond acceptors (Lipinski definition) is 0. The summed E-state index contributed by atoms with van der Waals surface area (Å²) >= 11 is -0.826. The Morgan fingerprint density at radius 3 is 1.96 bits per heavy atom. The molecule has 46 heavy (non-hydrogen) atoms. The number of aryl methyl sites for hydroxylation is 1. The molecule has 1 unspecified atom stereocenters. The molecular weight excluding hydrogens is 695 g/mol. The van der Waals surface area contributed by atoms with Crippen LogP contribution in [0.15, 0.2) is 84.9 Å². The van der Waals surface area contributed by atoms with Crippen molar-refractivity contribution in [2.45, 2.75) is 116 Å². The Morgan fingerprint density at radius 1 is 0.761 bits per heavy atom. The standard InChI is InChI=1S/C22H23.C18H23.C2H6Si.2ClH.Zr/c1-16-14-20-8-5-9-21(22(20)15-16)19-12-10-18(11-13-19)17-6-3-2-4-7-17;1-3-13(2)17-10-6-9-15-11-16(12-18(15)17)14-7-4-5-8-14;1-3-2;;;/h5,8-15,17H,2-4,6-7H2,1H3;6,9-14H,3-5,7-8H2,1-2H3;1-2H3;2*1H;/q2*-1;;;;+4/p-2. The van der Waals surface area contributed by atoms with Gasteiger partial charge in [-0.3, -0.25) is 0 Å². The van der Waals surface area contributed by atoms with E-state index in [2.05, 4.69) is 119 Å². The molecule has 0 amide bonds. The Balaban J connectivity index is 0.000000181. The Bertz CT molecular complexity index is 1580. The van der Waals surface area contributed by atoms with Gasteiger partial charge < -0.3 is 0 Å². The fraction of sp³-hybridized carbons (Fsp3) is 0.429. The van der Waals surface area contributed by atoms with E-state index in [1.807, 2.05) is 0 Å². The number of halogens is 2. The number of hydrogen-bond donors (Lipinski definition) is 0. The second-order valence-corrected chi connectivity index (χ2v) is 18.0. The molecule has 0 N–H and O–H groups in total. The summed E-state index contributed by atoms with van der Waals surface area (Å²) in [7, 11) is 11.0. The van der Waals surface area contributed by atoms with Crippen LogP contribution in [0.25, 0.3) is 32.7 Å². The van der Waals surface area contributed by atoms with E-state index in [1.165, 1.54) is 108 Å². The van der Waals surface area contributed by atoms with E-state index >= 15 is 0 Å². The Morgan fingerprint density at radius 2 is 1.33 bits per heavy atom. The van der Waals surface area contributed by atoms with E-state index < -0.39 is 20.8 Å². The maximum absolute atomic E-state index is 4.93. The van der Waals surface area contributed by atoms with E-state index in [9.17, 15) is 0 Å². The zero-order valence-electron chi connectivity index (χ0n) is 28.6. The van der Waals surface area contributed by atoms with Crippen LogP contribution in [0, 0.1) is 6.92 Å². The summed E-state index contributed by atoms with van der Waals surface area (Å²) in [6.45, 7) is 11.1. The van der Waals surface area contributed by atoms with Crippen molar-refractivity contribution >= 4 is 48.1 Å². The van der Waals surface area contributed by atoms with Crippen molar-refractivity contribution in [2.75, 3.05) is 0 Å². The van der Waals surface area contributed by atoms with E-state index in [1.54, 1.807) is 11.1 Å². The quantitative estimate of drug-likeness (QED) is 0.124. The van der Waals surface area contributed by atoms with Crippen LogP contribution >= 0.6 is 17.0 Å². The van der Waals surface area contributed by atoms with Crippen LogP contribution in [0.3, 0.4) is 0 Å². The molecule has 2 aliphatic carbocycles. The van der Waals surface area contributed by atoms with Crippen molar-refractivity contribution < 1.29 is 20.8 Å². The van der Waals surface area contributed by atoms with Gasteiger partial charge in [0.2, 0.25) is 0 Å². The van der Waals surface area contributed by atoms with Gasteiger partial charge in [0.15, 0.2) is 0 Å². The second-order valence-electron chi connectivity index (χ2n) is 13.3. The number of rotatable bonds is 5. The third-order valence-electron chi connectivity index (χ3n) is 9.97. The van der Waals surface area contributed by atoms with Gasteiger partial charge in [-0.2, -0.15) is 12.1 Å². The summed E-state index contributed by atoms with van der Waals surface area (Å²) in [6.07, 6.45) is 13.8. The van der Waals surface area contributed by atoms with Crippen molar-refractivity contribution in [3.8, 4) is 11.1 Å². The first-order valence-electron chi connectivity index (χ1n) is 17.4. The van der Waals surface area contributed by atoms with Crippen LogP contribution in [0.4, 0.5) is 0 Å².